The normalized spacial score (nSPS) is 23.9. The maximum Gasteiger partial charge on any atom is 0.340 e. The first-order chi connectivity index (χ1) is 17.3. The van der Waals surface area contributed by atoms with Crippen molar-refractivity contribution in [3.63, 3.8) is 0 Å². The fourth-order valence-electron chi connectivity index (χ4n) is 4.23. The van der Waals surface area contributed by atoms with Crippen molar-refractivity contribution in [2.45, 2.75) is 31.2 Å². The minimum absolute atomic E-state index is 0.0309. The second-order valence-electron chi connectivity index (χ2n) is 8.75. The molecule has 1 fully saturated rings. The Morgan fingerprint density at radius 2 is 1.84 bits per heavy atom. The molecule has 1 saturated carbocycles. The molecular weight excluding hydrogens is 573 g/mol. The van der Waals surface area contributed by atoms with Crippen LogP contribution in [0.4, 0.5) is 5.82 Å². The van der Waals surface area contributed by atoms with Crippen molar-refractivity contribution in [3.05, 3.63) is 40.1 Å². The Morgan fingerprint density at radius 1 is 1.14 bits per heavy atom. The van der Waals surface area contributed by atoms with E-state index in [4.69, 9.17) is 37.5 Å². The number of aliphatic hydroxyl groups is 2. The first kappa shape index (κ1) is 28.3. The molecule has 5 N–H and O–H groups in total. The van der Waals surface area contributed by atoms with E-state index in [2.05, 4.69) is 20.3 Å². The summed E-state index contributed by atoms with van der Waals surface area (Å²) in [5.74, 6) is -1.86. The van der Waals surface area contributed by atoms with Crippen LogP contribution in [0.1, 0.15) is 18.0 Å². The number of fused-ring (bicyclic) bond motifs is 1. The summed E-state index contributed by atoms with van der Waals surface area (Å²) in [7, 11) is -7.68. The standard InChI is InChI=1S/C19H24Cl2N6O8P2/c1-26(7-10-4-2-3-5-12(10)20)17-14-18(23-19(21)22-17)27(25-24-14)13-6-11(15(28)16(13)29)8-35-37(33,34)9-36(30,31)32/h2-5,11,13,15-16,28-29H,6-9H2,1H3,(H,33,34)(H2,30,31,32)/t11-,13-,15-,16+/m1/s1. The van der Waals surface area contributed by atoms with Crippen LogP contribution in [-0.2, 0) is 20.2 Å². The molecule has 1 aromatic carbocycles. The number of rotatable bonds is 9. The van der Waals surface area contributed by atoms with Gasteiger partial charge >= 0.3 is 15.2 Å². The molecule has 0 spiro atoms. The highest BCUT2D eigenvalue weighted by atomic mass is 35.5. The minimum atomic E-state index is -4.81. The number of hydrogen-bond acceptors (Lipinski definition) is 10. The Bertz CT molecular complexity index is 1390. The van der Waals surface area contributed by atoms with E-state index in [1.54, 1.807) is 18.0 Å². The number of hydrogen-bond donors (Lipinski definition) is 5. The van der Waals surface area contributed by atoms with E-state index in [0.717, 1.165) is 5.56 Å². The minimum Gasteiger partial charge on any atom is -0.390 e. The fraction of sp³-hybridized carbons (Fsp3) is 0.474. The van der Waals surface area contributed by atoms with Crippen molar-refractivity contribution in [1.29, 1.82) is 0 Å². The molecule has 14 nitrogen and oxygen atoms in total. The predicted octanol–water partition coefficient (Wildman–Crippen LogP) is 1.78. The van der Waals surface area contributed by atoms with Gasteiger partial charge in [0.25, 0.3) is 0 Å². The van der Waals surface area contributed by atoms with Gasteiger partial charge in [0.2, 0.25) is 5.28 Å². The zero-order chi connectivity index (χ0) is 27.1. The van der Waals surface area contributed by atoms with Gasteiger partial charge in [0, 0.05) is 24.5 Å². The van der Waals surface area contributed by atoms with Gasteiger partial charge in [-0.2, -0.15) is 9.97 Å². The lowest BCUT2D eigenvalue weighted by Crippen LogP contribution is -2.31. The molecule has 1 aliphatic rings. The van der Waals surface area contributed by atoms with Gasteiger partial charge in [-0.25, -0.2) is 4.68 Å². The summed E-state index contributed by atoms with van der Waals surface area (Å²) in [5, 5.41) is 29.9. The molecule has 3 aromatic rings. The molecule has 0 bridgehead atoms. The lowest BCUT2D eigenvalue weighted by molar-refractivity contribution is -0.00362. The first-order valence-corrected chi connectivity index (χ1v) is 15.2. The highest BCUT2D eigenvalue weighted by Crippen LogP contribution is 2.56. The van der Waals surface area contributed by atoms with E-state index in [1.165, 1.54) is 4.68 Å². The second-order valence-corrected chi connectivity index (χ2v) is 13.5. The third kappa shape index (κ3) is 6.48. The van der Waals surface area contributed by atoms with Crippen LogP contribution in [0.3, 0.4) is 0 Å². The van der Waals surface area contributed by atoms with Crippen LogP contribution in [-0.4, -0.2) is 81.6 Å². The van der Waals surface area contributed by atoms with Gasteiger partial charge in [-0.05, 0) is 29.7 Å². The van der Waals surface area contributed by atoms with Gasteiger partial charge in [0.05, 0.1) is 18.8 Å². The quantitative estimate of drug-likeness (QED) is 0.177. The Labute approximate surface area is 220 Å². The fourth-order valence-corrected chi connectivity index (χ4v) is 7.20. The largest absolute Gasteiger partial charge is 0.390 e. The molecule has 18 heteroatoms. The van der Waals surface area contributed by atoms with Gasteiger partial charge in [-0.15, -0.1) is 5.10 Å². The van der Waals surface area contributed by atoms with Crippen molar-refractivity contribution in [3.8, 4) is 0 Å². The molecule has 1 aliphatic carbocycles. The molecule has 5 atom stereocenters. The number of nitrogens with zero attached hydrogens (tertiary/aromatic N) is 6. The molecule has 0 saturated heterocycles. The van der Waals surface area contributed by atoms with Crippen molar-refractivity contribution >= 4 is 55.4 Å². The van der Waals surface area contributed by atoms with E-state index in [9.17, 15) is 24.2 Å². The van der Waals surface area contributed by atoms with Crippen LogP contribution in [0, 0.1) is 5.92 Å². The summed E-state index contributed by atoms with van der Waals surface area (Å²) in [6.07, 6.45) is -2.74. The van der Waals surface area contributed by atoms with Gasteiger partial charge in [0.15, 0.2) is 22.9 Å². The number of benzene rings is 1. The summed E-state index contributed by atoms with van der Waals surface area (Å²) in [6.45, 7) is -0.161. The summed E-state index contributed by atoms with van der Waals surface area (Å²) >= 11 is 12.5. The summed E-state index contributed by atoms with van der Waals surface area (Å²) < 4.78 is 29.2. The topological polar surface area (TPSA) is 204 Å². The molecule has 2 heterocycles. The highest BCUT2D eigenvalue weighted by Gasteiger charge is 2.45. The van der Waals surface area contributed by atoms with E-state index in [-0.39, 0.29) is 22.9 Å². The number of halogens is 2. The van der Waals surface area contributed by atoms with Crippen LogP contribution in [0.2, 0.25) is 10.3 Å². The van der Waals surface area contributed by atoms with Crippen molar-refractivity contribution in [1.82, 2.24) is 25.0 Å². The van der Waals surface area contributed by atoms with Gasteiger partial charge in [-0.1, -0.05) is 35.0 Å². The molecular formula is C19H24Cl2N6O8P2. The van der Waals surface area contributed by atoms with Crippen molar-refractivity contribution < 1.29 is 38.5 Å². The SMILES string of the molecule is CN(Cc1ccccc1Cl)c1nc(Cl)nc2c1nnn2[C@@H]1C[C@H](COP(=O)(O)CP(=O)(O)O)[C@@H](O)[C@H]1O. The van der Waals surface area contributed by atoms with Gasteiger partial charge in [-0.3, -0.25) is 9.13 Å². The lowest BCUT2D eigenvalue weighted by Gasteiger charge is -2.20. The van der Waals surface area contributed by atoms with Crippen molar-refractivity contribution in [2.75, 3.05) is 24.5 Å². The summed E-state index contributed by atoms with van der Waals surface area (Å²) in [6, 6.07) is 6.43. The molecule has 37 heavy (non-hydrogen) atoms. The third-order valence-corrected chi connectivity index (χ3v) is 9.94. The molecule has 0 aliphatic heterocycles. The maximum absolute atomic E-state index is 12.0. The smallest absolute Gasteiger partial charge is 0.340 e. The zero-order valence-electron chi connectivity index (χ0n) is 19.2. The number of aliphatic hydroxyl groups excluding tert-OH is 2. The summed E-state index contributed by atoms with van der Waals surface area (Å²) in [5.41, 5.74) is 1.30. The first-order valence-electron chi connectivity index (χ1n) is 10.9. The van der Waals surface area contributed by atoms with E-state index in [1.807, 2.05) is 18.2 Å². The Hall–Kier alpha value is -1.70. The van der Waals surface area contributed by atoms with E-state index in [0.29, 0.717) is 17.4 Å². The average Bonchev–Trinajstić information content (AvgIpc) is 3.32. The third-order valence-electron chi connectivity index (χ3n) is 5.94. The maximum atomic E-state index is 12.0. The lowest BCUT2D eigenvalue weighted by atomic mass is 10.1. The molecule has 202 valence electrons. The van der Waals surface area contributed by atoms with Crippen LogP contribution in [0.15, 0.2) is 24.3 Å². The van der Waals surface area contributed by atoms with Crippen LogP contribution < -0.4 is 4.90 Å². The average molecular weight is 597 g/mol. The molecule has 4 rings (SSSR count). The number of anilines is 1. The predicted molar refractivity (Wildman–Crippen MR) is 134 cm³/mol. The van der Waals surface area contributed by atoms with Crippen molar-refractivity contribution in [2.24, 2.45) is 5.92 Å². The molecule has 0 amide bonds. The number of aromatic nitrogens is 5. The van der Waals surface area contributed by atoms with E-state index >= 15 is 0 Å². The molecule has 0 radical (unpaired) electrons. The monoisotopic (exact) mass is 596 g/mol. The Kier molecular flexibility index (Phi) is 8.28. The zero-order valence-corrected chi connectivity index (χ0v) is 22.5. The van der Waals surface area contributed by atoms with Crippen LogP contribution in [0.25, 0.3) is 11.2 Å². The molecule has 1 unspecified atom stereocenters. The van der Waals surface area contributed by atoms with Crippen LogP contribution >= 0.6 is 38.4 Å². The highest BCUT2D eigenvalue weighted by molar-refractivity contribution is 7.70. The van der Waals surface area contributed by atoms with Crippen LogP contribution in [0.5, 0.6) is 0 Å². The molecule has 2 aromatic heterocycles. The second kappa shape index (κ2) is 10.8. The van der Waals surface area contributed by atoms with E-state index < -0.39 is 51.9 Å². The Morgan fingerprint density at radius 3 is 2.51 bits per heavy atom. The summed E-state index contributed by atoms with van der Waals surface area (Å²) in [4.78, 5) is 37.8. The Balaban J connectivity index is 1.57. The van der Waals surface area contributed by atoms with Gasteiger partial charge in [0.1, 0.15) is 6.10 Å². The van der Waals surface area contributed by atoms with Gasteiger partial charge < -0.3 is 34.3 Å².